The molecule has 2 aromatic carbocycles. The third-order valence-electron chi connectivity index (χ3n) is 4.35. The summed E-state index contributed by atoms with van der Waals surface area (Å²) >= 11 is 0. The molecule has 0 aromatic heterocycles. The lowest BCUT2D eigenvalue weighted by Gasteiger charge is -2.30. The van der Waals surface area contributed by atoms with Crippen molar-refractivity contribution in [1.82, 2.24) is 5.32 Å². The van der Waals surface area contributed by atoms with Crippen molar-refractivity contribution in [3.63, 3.8) is 0 Å². The van der Waals surface area contributed by atoms with Crippen molar-refractivity contribution in [2.45, 2.75) is 52.0 Å². The van der Waals surface area contributed by atoms with Gasteiger partial charge in [0.25, 0.3) is 0 Å². The lowest BCUT2D eigenvalue weighted by atomic mass is 10.0. The number of hydrogen-bond donors (Lipinski definition) is 1. The Kier molecular flexibility index (Phi) is 6.62. The van der Waals surface area contributed by atoms with E-state index < -0.39 is 29.7 Å². The van der Waals surface area contributed by atoms with Crippen LogP contribution in [0, 0.1) is 0 Å². The summed E-state index contributed by atoms with van der Waals surface area (Å²) in [4.78, 5) is 25.0. The highest BCUT2D eigenvalue weighted by molar-refractivity contribution is 5.78. The van der Waals surface area contributed by atoms with Gasteiger partial charge in [0.2, 0.25) is 6.79 Å². The number of esters is 2. The molecule has 0 saturated carbocycles. The monoisotopic (exact) mass is 413 g/mol. The van der Waals surface area contributed by atoms with E-state index >= 15 is 0 Å². The number of ether oxygens (including phenoxy) is 4. The predicted octanol–water partition coefficient (Wildman–Crippen LogP) is 3.52. The second kappa shape index (κ2) is 9.17. The van der Waals surface area contributed by atoms with E-state index in [1.54, 1.807) is 39.0 Å². The third kappa shape index (κ3) is 5.73. The van der Waals surface area contributed by atoms with Crippen molar-refractivity contribution in [1.29, 1.82) is 0 Å². The molecular formula is C23H27NO6. The van der Waals surface area contributed by atoms with Crippen molar-refractivity contribution in [3.8, 4) is 11.5 Å². The maximum absolute atomic E-state index is 13.1. The SMILES string of the molecule is CC(=O)O[C@H](c1ccc2c(c1)OCO2)[C@H](NCc1ccccc1)C(=O)OC(C)(C)C. The van der Waals surface area contributed by atoms with Gasteiger partial charge in [-0.05, 0) is 44.0 Å². The molecule has 1 heterocycles. The van der Waals surface area contributed by atoms with Crippen molar-refractivity contribution < 1.29 is 28.5 Å². The van der Waals surface area contributed by atoms with E-state index in [1.165, 1.54) is 6.92 Å². The molecular weight excluding hydrogens is 386 g/mol. The van der Waals surface area contributed by atoms with Crippen LogP contribution in [0.15, 0.2) is 48.5 Å². The number of hydrogen-bond acceptors (Lipinski definition) is 7. The highest BCUT2D eigenvalue weighted by Gasteiger charge is 2.36. The minimum atomic E-state index is -0.922. The van der Waals surface area contributed by atoms with Crippen LogP contribution in [0.1, 0.15) is 44.9 Å². The van der Waals surface area contributed by atoms with Crippen LogP contribution in [0.2, 0.25) is 0 Å². The van der Waals surface area contributed by atoms with Gasteiger partial charge in [0.05, 0.1) is 0 Å². The average molecular weight is 413 g/mol. The Balaban J connectivity index is 1.92. The van der Waals surface area contributed by atoms with E-state index in [2.05, 4.69) is 5.32 Å². The molecule has 30 heavy (non-hydrogen) atoms. The first kappa shape index (κ1) is 21.6. The quantitative estimate of drug-likeness (QED) is 0.696. The van der Waals surface area contributed by atoms with Crippen molar-refractivity contribution in [2.24, 2.45) is 0 Å². The maximum Gasteiger partial charge on any atom is 0.327 e. The number of carbonyl (C=O) groups is 2. The fourth-order valence-corrected chi connectivity index (χ4v) is 3.10. The molecule has 2 atom stereocenters. The summed E-state index contributed by atoms with van der Waals surface area (Å²) in [7, 11) is 0. The van der Waals surface area contributed by atoms with Gasteiger partial charge in [-0.15, -0.1) is 0 Å². The van der Waals surface area contributed by atoms with Gasteiger partial charge in [-0.25, -0.2) is 0 Å². The van der Waals surface area contributed by atoms with Crippen LogP contribution >= 0.6 is 0 Å². The zero-order valence-electron chi connectivity index (χ0n) is 17.6. The molecule has 0 bridgehead atoms. The van der Waals surface area contributed by atoms with Crippen LogP contribution in [0.4, 0.5) is 0 Å². The first-order chi connectivity index (χ1) is 14.2. The smallest absolute Gasteiger partial charge is 0.327 e. The van der Waals surface area contributed by atoms with Crippen LogP contribution in [0.3, 0.4) is 0 Å². The zero-order chi connectivity index (χ0) is 21.7. The number of carbonyl (C=O) groups excluding carboxylic acids is 2. The average Bonchev–Trinajstić information content (AvgIpc) is 3.14. The first-order valence-electron chi connectivity index (χ1n) is 9.80. The normalized spacial score (nSPS) is 14.7. The highest BCUT2D eigenvalue weighted by Crippen LogP contribution is 2.36. The van der Waals surface area contributed by atoms with Gasteiger partial charge >= 0.3 is 11.9 Å². The van der Waals surface area contributed by atoms with E-state index in [-0.39, 0.29) is 6.79 Å². The molecule has 0 fully saturated rings. The van der Waals surface area contributed by atoms with Gasteiger partial charge in [-0.1, -0.05) is 36.4 Å². The number of benzene rings is 2. The molecule has 0 unspecified atom stereocenters. The Hall–Kier alpha value is -3.06. The predicted molar refractivity (Wildman–Crippen MR) is 110 cm³/mol. The molecule has 0 aliphatic carbocycles. The summed E-state index contributed by atoms with van der Waals surface area (Å²) in [6.07, 6.45) is -0.907. The standard InChI is InChI=1S/C23H27NO6/c1-15(25)29-21(17-10-11-18-19(12-17)28-14-27-18)20(22(26)30-23(2,3)4)24-13-16-8-6-5-7-9-16/h5-12,20-21,24H,13-14H2,1-4H3/t20-,21+/m0/s1. The van der Waals surface area contributed by atoms with Gasteiger partial charge in [0, 0.05) is 13.5 Å². The molecule has 1 aliphatic heterocycles. The Morgan fingerprint density at radius 3 is 2.43 bits per heavy atom. The minimum absolute atomic E-state index is 0.124. The van der Waals surface area contributed by atoms with E-state index in [4.69, 9.17) is 18.9 Å². The minimum Gasteiger partial charge on any atom is -0.459 e. The Morgan fingerprint density at radius 1 is 1.07 bits per heavy atom. The van der Waals surface area contributed by atoms with Gasteiger partial charge in [0.1, 0.15) is 11.6 Å². The van der Waals surface area contributed by atoms with Crippen molar-refractivity contribution >= 4 is 11.9 Å². The van der Waals surface area contributed by atoms with Gasteiger partial charge in [0.15, 0.2) is 17.6 Å². The van der Waals surface area contributed by atoms with Crippen LogP contribution < -0.4 is 14.8 Å². The summed E-state index contributed by atoms with van der Waals surface area (Å²) in [5, 5.41) is 3.21. The van der Waals surface area contributed by atoms with Crippen LogP contribution in [-0.2, 0) is 25.6 Å². The molecule has 3 rings (SSSR count). The molecule has 0 amide bonds. The number of nitrogens with one attached hydrogen (secondary N) is 1. The molecule has 1 N–H and O–H groups in total. The maximum atomic E-state index is 13.1. The Labute approximate surface area is 176 Å². The largest absolute Gasteiger partial charge is 0.459 e. The van der Waals surface area contributed by atoms with E-state index in [0.29, 0.717) is 23.6 Å². The fourth-order valence-electron chi connectivity index (χ4n) is 3.10. The zero-order valence-corrected chi connectivity index (χ0v) is 17.6. The van der Waals surface area contributed by atoms with Crippen LogP contribution in [-0.4, -0.2) is 30.4 Å². The molecule has 160 valence electrons. The summed E-state index contributed by atoms with van der Waals surface area (Å²) in [5.41, 5.74) is 0.892. The molecule has 7 heteroatoms. The molecule has 0 spiro atoms. The lowest BCUT2D eigenvalue weighted by Crippen LogP contribution is -2.46. The van der Waals surface area contributed by atoms with Gasteiger partial charge < -0.3 is 18.9 Å². The molecule has 0 radical (unpaired) electrons. The van der Waals surface area contributed by atoms with Crippen molar-refractivity contribution in [3.05, 3.63) is 59.7 Å². The fraction of sp³-hybridized carbons (Fsp3) is 0.391. The van der Waals surface area contributed by atoms with E-state index in [9.17, 15) is 9.59 Å². The van der Waals surface area contributed by atoms with Gasteiger partial charge in [-0.3, -0.25) is 14.9 Å². The second-order valence-corrected chi connectivity index (χ2v) is 8.02. The van der Waals surface area contributed by atoms with Crippen molar-refractivity contribution in [2.75, 3.05) is 6.79 Å². The molecule has 0 saturated heterocycles. The Bertz CT molecular complexity index is 890. The number of fused-ring (bicyclic) bond motifs is 1. The summed E-state index contributed by atoms with van der Waals surface area (Å²) < 4.78 is 22.0. The van der Waals surface area contributed by atoms with E-state index in [1.807, 2.05) is 30.3 Å². The third-order valence-corrected chi connectivity index (χ3v) is 4.35. The lowest BCUT2D eigenvalue weighted by molar-refractivity contribution is -0.165. The number of rotatable bonds is 7. The highest BCUT2D eigenvalue weighted by atomic mass is 16.7. The first-order valence-corrected chi connectivity index (χ1v) is 9.80. The van der Waals surface area contributed by atoms with E-state index in [0.717, 1.165) is 5.56 Å². The summed E-state index contributed by atoms with van der Waals surface area (Å²) in [5.74, 6) is 0.122. The summed E-state index contributed by atoms with van der Waals surface area (Å²) in [6.45, 7) is 7.21. The Morgan fingerprint density at radius 2 is 1.77 bits per heavy atom. The van der Waals surface area contributed by atoms with Crippen LogP contribution in [0.5, 0.6) is 11.5 Å². The topological polar surface area (TPSA) is 83.1 Å². The van der Waals surface area contributed by atoms with Crippen LogP contribution in [0.25, 0.3) is 0 Å². The molecule has 7 nitrogen and oxygen atoms in total. The molecule has 2 aromatic rings. The van der Waals surface area contributed by atoms with Gasteiger partial charge in [-0.2, -0.15) is 0 Å². The summed E-state index contributed by atoms with van der Waals surface area (Å²) in [6, 6.07) is 13.9. The second-order valence-electron chi connectivity index (χ2n) is 8.02. The molecule has 1 aliphatic rings.